The lowest BCUT2D eigenvalue weighted by molar-refractivity contribution is -0.157. The average Bonchev–Trinajstić information content (AvgIpc) is 2.94. The van der Waals surface area contributed by atoms with E-state index < -0.39 is 11.5 Å². The zero-order valence-corrected chi connectivity index (χ0v) is 9.74. The van der Waals surface area contributed by atoms with Crippen molar-refractivity contribution >= 4 is 11.9 Å². The molecule has 1 saturated carbocycles. The Morgan fingerprint density at radius 2 is 2.12 bits per heavy atom. The van der Waals surface area contributed by atoms with E-state index in [1.54, 1.807) is 4.90 Å². The van der Waals surface area contributed by atoms with Gasteiger partial charge in [0.05, 0.1) is 0 Å². The number of carbonyl (C=O) groups excluding carboxylic acids is 1. The third-order valence-corrected chi connectivity index (χ3v) is 3.93. The fourth-order valence-electron chi connectivity index (χ4n) is 2.66. The highest BCUT2D eigenvalue weighted by Crippen LogP contribution is 2.37. The number of aliphatic carboxylic acids is 1. The molecule has 1 aliphatic carbocycles. The second kappa shape index (κ2) is 4.07. The molecule has 4 heteroatoms. The second-order valence-electron chi connectivity index (χ2n) is 4.99. The van der Waals surface area contributed by atoms with Crippen LogP contribution in [0.4, 0.5) is 0 Å². The smallest absolute Gasteiger partial charge is 0.329 e. The molecule has 1 N–H and O–H groups in total. The molecule has 2 rings (SSSR count). The van der Waals surface area contributed by atoms with E-state index in [0.29, 0.717) is 31.7 Å². The number of carboxylic acids is 1. The van der Waals surface area contributed by atoms with Gasteiger partial charge >= 0.3 is 5.97 Å². The Labute approximate surface area is 95.6 Å². The minimum absolute atomic E-state index is 0.0456. The Balaban J connectivity index is 2.11. The van der Waals surface area contributed by atoms with Crippen molar-refractivity contribution in [2.24, 2.45) is 5.92 Å². The van der Waals surface area contributed by atoms with Gasteiger partial charge in [0.15, 0.2) is 0 Å². The van der Waals surface area contributed by atoms with E-state index in [2.05, 4.69) is 0 Å². The Bertz CT molecular complexity index is 311. The zero-order valence-electron chi connectivity index (χ0n) is 9.74. The lowest BCUT2D eigenvalue weighted by Gasteiger charge is -2.34. The average molecular weight is 225 g/mol. The Morgan fingerprint density at radius 3 is 2.62 bits per heavy atom. The molecule has 0 radical (unpaired) electrons. The fraction of sp³-hybridized carbons (Fsp3) is 0.833. The van der Waals surface area contributed by atoms with Gasteiger partial charge in [0.2, 0.25) is 5.91 Å². The summed E-state index contributed by atoms with van der Waals surface area (Å²) in [6.07, 6.45) is 4.75. The van der Waals surface area contributed by atoms with Crippen LogP contribution in [-0.2, 0) is 9.59 Å². The maximum Gasteiger partial charge on any atom is 0.329 e. The molecule has 1 amide bonds. The van der Waals surface area contributed by atoms with Gasteiger partial charge in [-0.2, -0.15) is 0 Å². The molecule has 0 bridgehead atoms. The minimum atomic E-state index is -0.911. The number of rotatable bonds is 4. The summed E-state index contributed by atoms with van der Waals surface area (Å²) in [7, 11) is 0. The van der Waals surface area contributed by atoms with Crippen LogP contribution in [0.2, 0.25) is 0 Å². The van der Waals surface area contributed by atoms with Gasteiger partial charge in [-0.05, 0) is 38.0 Å². The molecule has 2 fully saturated rings. The summed E-state index contributed by atoms with van der Waals surface area (Å²) in [6, 6.07) is 0. The lowest BCUT2D eigenvalue weighted by atomic mass is 9.92. The molecule has 2 aliphatic rings. The quantitative estimate of drug-likeness (QED) is 0.791. The highest BCUT2D eigenvalue weighted by molar-refractivity contribution is 5.88. The highest BCUT2D eigenvalue weighted by atomic mass is 16.4. The molecule has 90 valence electrons. The van der Waals surface area contributed by atoms with Gasteiger partial charge < -0.3 is 10.0 Å². The number of amides is 1. The van der Waals surface area contributed by atoms with Crippen LogP contribution in [0.1, 0.15) is 45.4 Å². The summed E-state index contributed by atoms with van der Waals surface area (Å²) in [4.78, 5) is 25.0. The maximum absolute atomic E-state index is 12.0. The van der Waals surface area contributed by atoms with Gasteiger partial charge in [-0.1, -0.05) is 6.92 Å². The first-order chi connectivity index (χ1) is 7.60. The molecule has 1 aliphatic heterocycles. The topological polar surface area (TPSA) is 57.6 Å². The van der Waals surface area contributed by atoms with Gasteiger partial charge in [-0.25, -0.2) is 4.79 Å². The molecule has 4 nitrogen and oxygen atoms in total. The molecule has 1 unspecified atom stereocenters. The number of nitrogens with zero attached hydrogens (tertiary/aromatic N) is 1. The van der Waals surface area contributed by atoms with Crippen LogP contribution in [0.15, 0.2) is 0 Å². The van der Waals surface area contributed by atoms with Gasteiger partial charge in [-0.15, -0.1) is 0 Å². The highest BCUT2D eigenvalue weighted by Gasteiger charge is 2.48. The second-order valence-corrected chi connectivity index (χ2v) is 4.99. The van der Waals surface area contributed by atoms with Gasteiger partial charge in [0.1, 0.15) is 5.54 Å². The van der Waals surface area contributed by atoms with E-state index in [0.717, 1.165) is 19.3 Å². The SMILES string of the molecule is CCC1(C(=O)O)CCCN1C(=O)CC1CC1. The van der Waals surface area contributed by atoms with Crippen LogP contribution >= 0.6 is 0 Å². The van der Waals surface area contributed by atoms with E-state index in [1.807, 2.05) is 6.92 Å². The third-order valence-electron chi connectivity index (χ3n) is 3.93. The summed E-state index contributed by atoms with van der Waals surface area (Å²) >= 11 is 0. The molecule has 16 heavy (non-hydrogen) atoms. The van der Waals surface area contributed by atoms with Crippen LogP contribution < -0.4 is 0 Å². The van der Waals surface area contributed by atoms with E-state index >= 15 is 0 Å². The van der Waals surface area contributed by atoms with E-state index in [1.165, 1.54) is 0 Å². The summed E-state index contributed by atoms with van der Waals surface area (Å²) in [5.74, 6) is -0.266. The van der Waals surface area contributed by atoms with Crippen molar-refractivity contribution in [2.75, 3.05) is 6.54 Å². The predicted octanol–water partition coefficient (Wildman–Crippen LogP) is 1.64. The zero-order chi connectivity index (χ0) is 11.8. The fourth-order valence-corrected chi connectivity index (χ4v) is 2.66. The lowest BCUT2D eigenvalue weighted by Crippen LogP contribution is -2.52. The van der Waals surface area contributed by atoms with Crippen molar-refractivity contribution in [3.05, 3.63) is 0 Å². The molecule has 0 aromatic carbocycles. The van der Waals surface area contributed by atoms with Crippen LogP contribution in [0.25, 0.3) is 0 Å². The third kappa shape index (κ3) is 1.81. The molecular formula is C12H19NO3. The monoisotopic (exact) mass is 225 g/mol. The Hall–Kier alpha value is -1.06. The first kappa shape index (κ1) is 11.4. The Kier molecular flexibility index (Phi) is 2.91. The largest absolute Gasteiger partial charge is 0.479 e. The minimum Gasteiger partial charge on any atom is -0.479 e. The van der Waals surface area contributed by atoms with Crippen molar-refractivity contribution in [1.82, 2.24) is 4.90 Å². The van der Waals surface area contributed by atoms with Crippen molar-refractivity contribution in [3.8, 4) is 0 Å². The van der Waals surface area contributed by atoms with Crippen molar-refractivity contribution in [1.29, 1.82) is 0 Å². The first-order valence-electron chi connectivity index (χ1n) is 6.14. The summed E-state index contributed by atoms with van der Waals surface area (Å²) in [6.45, 7) is 2.47. The molecule has 1 heterocycles. The van der Waals surface area contributed by atoms with Gasteiger partial charge in [-0.3, -0.25) is 4.79 Å². The van der Waals surface area contributed by atoms with Crippen molar-refractivity contribution < 1.29 is 14.7 Å². The number of hydrogen-bond donors (Lipinski definition) is 1. The molecular weight excluding hydrogens is 206 g/mol. The molecule has 0 aromatic heterocycles. The van der Waals surface area contributed by atoms with Crippen molar-refractivity contribution in [2.45, 2.75) is 51.0 Å². The van der Waals surface area contributed by atoms with Gasteiger partial charge in [0, 0.05) is 13.0 Å². The van der Waals surface area contributed by atoms with E-state index in [4.69, 9.17) is 0 Å². The number of hydrogen-bond acceptors (Lipinski definition) is 2. The molecule has 1 saturated heterocycles. The molecule has 0 spiro atoms. The van der Waals surface area contributed by atoms with Crippen LogP contribution in [0.3, 0.4) is 0 Å². The first-order valence-corrected chi connectivity index (χ1v) is 6.14. The van der Waals surface area contributed by atoms with Crippen LogP contribution in [-0.4, -0.2) is 34.0 Å². The van der Waals surface area contributed by atoms with Gasteiger partial charge in [0.25, 0.3) is 0 Å². The number of carboxylic acid groups (broad SMARTS) is 1. The number of carbonyl (C=O) groups is 2. The standard InChI is InChI=1S/C12H19NO3/c1-2-12(11(15)16)6-3-7-13(12)10(14)8-9-4-5-9/h9H,2-8H2,1H3,(H,15,16). The molecule has 1 atom stereocenters. The maximum atomic E-state index is 12.0. The normalized spacial score (nSPS) is 29.4. The summed E-state index contributed by atoms with van der Waals surface area (Å²) < 4.78 is 0. The van der Waals surface area contributed by atoms with Crippen LogP contribution in [0, 0.1) is 5.92 Å². The number of likely N-dealkylation sites (tertiary alicyclic amines) is 1. The van der Waals surface area contributed by atoms with E-state index in [-0.39, 0.29) is 5.91 Å². The van der Waals surface area contributed by atoms with E-state index in [9.17, 15) is 14.7 Å². The summed E-state index contributed by atoms with van der Waals surface area (Å²) in [5, 5.41) is 9.34. The predicted molar refractivity (Wildman–Crippen MR) is 58.9 cm³/mol. The van der Waals surface area contributed by atoms with Crippen LogP contribution in [0.5, 0.6) is 0 Å². The molecule has 0 aromatic rings. The Morgan fingerprint density at radius 1 is 1.44 bits per heavy atom. The summed E-state index contributed by atoms with van der Waals surface area (Å²) in [5.41, 5.74) is -0.911. The van der Waals surface area contributed by atoms with Crippen molar-refractivity contribution in [3.63, 3.8) is 0 Å².